The zero-order valence-corrected chi connectivity index (χ0v) is 10.8. The molecule has 4 heteroatoms. The highest BCUT2D eigenvalue weighted by molar-refractivity contribution is 9.09. The van der Waals surface area contributed by atoms with E-state index in [9.17, 15) is 10.2 Å². The van der Waals surface area contributed by atoms with E-state index in [1.807, 2.05) is 24.3 Å². The van der Waals surface area contributed by atoms with Gasteiger partial charge in [-0.25, -0.2) is 0 Å². The van der Waals surface area contributed by atoms with Gasteiger partial charge in [-0.2, -0.15) is 0 Å². The highest BCUT2D eigenvalue weighted by Crippen LogP contribution is 2.23. The van der Waals surface area contributed by atoms with Crippen molar-refractivity contribution >= 4 is 26.7 Å². The van der Waals surface area contributed by atoms with Crippen LogP contribution in [0.25, 0.3) is 10.8 Å². The van der Waals surface area contributed by atoms with Gasteiger partial charge in [0.25, 0.3) is 0 Å². The van der Waals surface area contributed by atoms with Gasteiger partial charge in [0.05, 0.1) is 6.10 Å². The number of halogens is 1. The molecule has 0 amide bonds. The molecule has 0 fully saturated rings. The van der Waals surface area contributed by atoms with Crippen LogP contribution in [0.2, 0.25) is 0 Å². The lowest BCUT2D eigenvalue weighted by molar-refractivity contribution is 0.0174. The number of rotatable bonds is 4. The van der Waals surface area contributed by atoms with E-state index in [0.717, 1.165) is 16.3 Å². The second-order valence-electron chi connectivity index (χ2n) is 3.97. The Hall–Kier alpha value is -0.970. The minimum Gasteiger partial charge on any atom is -0.390 e. The van der Waals surface area contributed by atoms with Crippen LogP contribution in [-0.2, 0) is 0 Å². The summed E-state index contributed by atoms with van der Waals surface area (Å²) >= 11 is 3.25. The zero-order valence-electron chi connectivity index (χ0n) is 9.25. The molecular weight excluding hydrogens is 282 g/mol. The number of aromatic nitrogens is 1. The van der Waals surface area contributed by atoms with E-state index in [2.05, 4.69) is 20.9 Å². The van der Waals surface area contributed by atoms with Crippen LogP contribution in [0.5, 0.6) is 0 Å². The summed E-state index contributed by atoms with van der Waals surface area (Å²) in [5.74, 6) is 0. The van der Waals surface area contributed by atoms with Crippen molar-refractivity contribution in [1.29, 1.82) is 0 Å². The van der Waals surface area contributed by atoms with Crippen LogP contribution >= 0.6 is 15.9 Å². The minimum atomic E-state index is -0.842. The Morgan fingerprint density at radius 1 is 1.18 bits per heavy atom. The van der Waals surface area contributed by atoms with Crippen LogP contribution in [0, 0.1) is 0 Å². The van der Waals surface area contributed by atoms with Crippen molar-refractivity contribution in [1.82, 2.24) is 4.98 Å². The number of nitrogens with zero attached hydrogens (tertiary/aromatic N) is 1. The standard InChI is InChI=1S/C13H14BrNO2/c14-5-3-12(16)13(17)10-1-2-11-8-15-6-4-9(11)7-10/h1-2,4,6-8,12-13,16-17H,3,5H2. The summed E-state index contributed by atoms with van der Waals surface area (Å²) in [5.41, 5.74) is 0.733. The molecule has 2 atom stereocenters. The lowest BCUT2D eigenvalue weighted by Crippen LogP contribution is -2.18. The van der Waals surface area contributed by atoms with Gasteiger partial charge in [0.15, 0.2) is 0 Å². The molecule has 2 aromatic rings. The Balaban J connectivity index is 2.29. The third-order valence-electron chi connectivity index (χ3n) is 2.78. The van der Waals surface area contributed by atoms with Gasteiger partial charge in [0, 0.05) is 23.1 Å². The highest BCUT2D eigenvalue weighted by Gasteiger charge is 2.17. The lowest BCUT2D eigenvalue weighted by atomic mass is 10.00. The maximum Gasteiger partial charge on any atom is 0.105 e. The largest absolute Gasteiger partial charge is 0.390 e. The van der Waals surface area contributed by atoms with E-state index in [1.54, 1.807) is 12.4 Å². The molecule has 2 unspecified atom stereocenters. The molecule has 0 saturated heterocycles. The molecule has 0 bridgehead atoms. The number of alkyl halides is 1. The first-order valence-corrected chi connectivity index (χ1v) is 6.60. The van der Waals surface area contributed by atoms with Gasteiger partial charge in [-0.3, -0.25) is 4.98 Å². The van der Waals surface area contributed by atoms with Gasteiger partial charge < -0.3 is 10.2 Å². The third-order valence-corrected chi connectivity index (χ3v) is 3.23. The molecule has 0 aliphatic heterocycles. The zero-order chi connectivity index (χ0) is 12.3. The van der Waals surface area contributed by atoms with Crippen LogP contribution < -0.4 is 0 Å². The first kappa shape index (κ1) is 12.5. The fourth-order valence-corrected chi connectivity index (χ4v) is 2.25. The molecule has 0 spiro atoms. The molecule has 17 heavy (non-hydrogen) atoms. The van der Waals surface area contributed by atoms with Crippen LogP contribution in [0.1, 0.15) is 18.1 Å². The van der Waals surface area contributed by atoms with E-state index in [4.69, 9.17) is 0 Å². The van der Waals surface area contributed by atoms with Gasteiger partial charge in [-0.05, 0) is 29.5 Å². The third kappa shape index (κ3) is 2.83. The maximum atomic E-state index is 9.99. The monoisotopic (exact) mass is 295 g/mol. The summed E-state index contributed by atoms with van der Waals surface area (Å²) in [6.07, 6.45) is 2.43. The molecule has 0 radical (unpaired) electrons. The van der Waals surface area contributed by atoms with Crippen molar-refractivity contribution < 1.29 is 10.2 Å². The van der Waals surface area contributed by atoms with Gasteiger partial charge in [0.1, 0.15) is 6.10 Å². The number of aliphatic hydroxyl groups excluding tert-OH is 2. The Bertz CT molecular complexity index is 503. The number of aliphatic hydroxyl groups is 2. The van der Waals surface area contributed by atoms with E-state index in [0.29, 0.717) is 11.8 Å². The molecule has 0 saturated carbocycles. The topological polar surface area (TPSA) is 53.4 Å². The second kappa shape index (κ2) is 5.58. The SMILES string of the molecule is OC(CCBr)C(O)c1ccc2cnccc2c1. The summed E-state index contributed by atoms with van der Waals surface area (Å²) < 4.78 is 0. The predicted octanol–water partition coefficient (Wildman–Crippen LogP) is 2.41. The van der Waals surface area contributed by atoms with Crippen molar-refractivity contribution in [3.63, 3.8) is 0 Å². The number of pyridine rings is 1. The first-order chi connectivity index (χ1) is 8.22. The fourth-order valence-electron chi connectivity index (χ4n) is 1.78. The highest BCUT2D eigenvalue weighted by atomic mass is 79.9. The Morgan fingerprint density at radius 2 is 2.00 bits per heavy atom. The molecular formula is C13H14BrNO2. The normalized spacial score (nSPS) is 14.8. The minimum absolute atomic E-state index is 0.523. The number of fused-ring (bicyclic) bond motifs is 1. The van der Waals surface area contributed by atoms with Crippen LogP contribution in [0.15, 0.2) is 36.7 Å². The fraction of sp³-hybridized carbons (Fsp3) is 0.308. The van der Waals surface area contributed by atoms with Gasteiger partial charge in [-0.1, -0.05) is 28.1 Å². The van der Waals surface area contributed by atoms with E-state index in [1.165, 1.54) is 0 Å². The van der Waals surface area contributed by atoms with Gasteiger partial charge in [0.2, 0.25) is 0 Å². The van der Waals surface area contributed by atoms with Gasteiger partial charge in [-0.15, -0.1) is 0 Å². The quantitative estimate of drug-likeness (QED) is 0.852. The summed E-state index contributed by atoms with van der Waals surface area (Å²) in [7, 11) is 0. The summed E-state index contributed by atoms with van der Waals surface area (Å²) in [4.78, 5) is 4.03. The number of benzene rings is 1. The molecule has 2 N–H and O–H groups in total. The van der Waals surface area contributed by atoms with Crippen molar-refractivity contribution in [2.45, 2.75) is 18.6 Å². The van der Waals surface area contributed by atoms with E-state index in [-0.39, 0.29) is 0 Å². The molecule has 1 heterocycles. The summed E-state index contributed by atoms with van der Waals surface area (Å²) in [6, 6.07) is 7.51. The van der Waals surface area contributed by atoms with E-state index >= 15 is 0 Å². The molecule has 0 aliphatic carbocycles. The predicted molar refractivity (Wildman–Crippen MR) is 71.1 cm³/mol. The molecule has 0 aliphatic rings. The molecule has 1 aromatic heterocycles. The molecule has 90 valence electrons. The Morgan fingerprint density at radius 3 is 2.76 bits per heavy atom. The van der Waals surface area contributed by atoms with Crippen molar-refractivity contribution in [3.05, 3.63) is 42.2 Å². The number of hydrogen-bond donors (Lipinski definition) is 2. The summed E-state index contributed by atoms with van der Waals surface area (Å²) in [6.45, 7) is 0. The van der Waals surface area contributed by atoms with Crippen molar-refractivity contribution in [2.24, 2.45) is 0 Å². The van der Waals surface area contributed by atoms with E-state index < -0.39 is 12.2 Å². The number of hydrogen-bond acceptors (Lipinski definition) is 3. The first-order valence-electron chi connectivity index (χ1n) is 5.48. The maximum absolute atomic E-state index is 9.99. The Labute approximate surface area is 108 Å². The van der Waals surface area contributed by atoms with Crippen molar-refractivity contribution in [3.8, 4) is 0 Å². The average Bonchev–Trinajstić information content (AvgIpc) is 2.37. The molecule has 3 nitrogen and oxygen atoms in total. The molecule has 1 aromatic carbocycles. The lowest BCUT2D eigenvalue weighted by Gasteiger charge is -2.17. The smallest absolute Gasteiger partial charge is 0.105 e. The molecule has 2 rings (SSSR count). The van der Waals surface area contributed by atoms with Crippen LogP contribution in [0.3, 0.4) is 0 Å². The van der Waals surface area contributed by atoms with Crippen LogP contribution in [0.4, 0.5) is 0 Å². The van der Waals surface area contributed by atoms with Crippen LogP contribution in [-0.4, -0.2) is 26.6 Å². The average molecular weight is 296 g/mol. The van der Waals surface area contributed by atoms with Gasteiger partial charge >= 0.3 is 0 Å². The summed E-state index contributed by atoms with van der Waals surface area (Å²) in [5, 5.41) is 22.5. The second-order valence-corrected chi connectivity index (χ2v) is 4.77. The Kier molecular flexibility index (Phi) is 4.10. The van der Waals surface area contributed by atoms with Crippen molar-refractivity contribution in [2.75, 3.05) is 5.33 Å².